The molecule has 4 aromatic rings. The number of ether oxygens (including phenoxy) is 2. The van der Waals surface area contributed by atoms with Crippen LogP contribution in [-0.4, -0.2) is 146 Å². The number of nitrogens with zero attached hydrogens (tertiary/aromatic N) is 6. The predicted octanol–water partition coefficient (Wildman–Crippen LogP) is 1.23. The zero-order chi connectivity index (χ0) is 37.2. The normalized spacial score (nSPS) is 13.7. The molecule has 0 amide bonds. The van der Waals surface area contributed by atoms with E-state index in [1.54, 1.807) is 6.33 Å². The van der Waals surface area contributed by atoms with Gasteiger partial charge < -0.3 is 49.4 Å². The highest BCUT2D eigenvalue weighted by atomic mass is 32.1. The molecule has 19 heteroatoms. The summed E-state index contributed by atoms with van der Waals surface area (Å²) >= 11 is 5.64. The number of rotatable bonds is 14. The second-order valence-corrected chi connectivity index (χ2v) is 12.2. The highest BCUT2D eigenvalue weighted by Gasteiger charge is 2.24. The van der Waals surface area contributed by atoms with Crippen LogP contribution >= 0.6 is 12.2 Å². The molecule has 6 rings (SSSR count). The van der Waals surface area contributed by atoms with E-state index >= 15 is 0 Å². The number of nitrogens with one attached hydrogen (secondary N) is 1. The Bertz CT molecular complexity index is 1860. The van der Waals surface area contributed by atoms with Crippen molar-refractivity contribution in [2.75, 3.05) is 77.1 Å². The SMILES string of the molecule is O=C(O)CN(CCN(CC(=O)O)CC(=O)O)CC(=O)O.S=C(NCc1ccc2c(c1)OCO2)N1CCN(c2ncnc3c2oc2ccccc23)CC1. The van der Waals surface area contributed by atoms with Crippen LogP contribution in [0.1, 0.15) is 5.56 Å². The van der Waals surface area contributed by atoms with Gasteiger partial charge in [-0.15, -0.1) is 0 Å². The molecule has 2 aliphatic rings. The smallest absolute Gasteiger partial charge is 0.317 e. The van der Waals surface area contributed by atoms with E-state index in [0.717, 1.165) is 86.0 Å². The van der Waals surface area contributed by atoms with Crippen molar-refractivity contribution >= 4 is 69.1 Å². The fraction of sp³-hybridized carbons (Fsp3) is 0.364. The molecule has 4 heterocycles. The number of fused-ring (bicyclic) bond motifs is 4. The highest BCUT2D eigenvalue weighted by Crippen LogP contribution is 2.33. The molecular formula is C33H37N7O11S. The zero-order valence-electron chi connectivity index (χ0n) is 27.8. The van der Waals surface area contributed by atoms with Crippen LogP contribution in [0.4, 0.5) is 5.82 Å². The van der Waals surface area contributed by atoms with Gasteiger partial charge in [-0.05, 0) is 42.0 Å². The van der Waals surface area contributed by atoms with Crippen LogP contribution in [0.15, 0.2) is 53.2 Å². The maximum Gasteiger partial charge on any atom is 0.317 e. The molecule has 0 atom stereocenters. The van der Waals surface area contributed by atoms with E-state index in [9.17, 15) is 19.2 Å². The van der Waals surface area contributed by atoms with Crippen molar-refractivity contribution in [1.82, 2.24) is 30.0 Å². The van der Waals surface area contributed by atoms with Crippen LogP contribution in [-0.2, 0) is 25.7 Å². The van der Waals surface area contributed by atoms with Gasteiger partial charge in [0.1, 0.15) is 17.4 Å². The molecule has 0 unspecified atom stereocenters. The minimum absolute atomic E-state index is 0.0703. The molecule has 5 N–H and O–H groups in total. The molecule has 2 aliphatic heterocycles. The lowest BCUT2D eigenvalue weighted by molar-refractivity contribution is -0.145. The molecule has 52 heavy (non-hydrogen) atoms. The topological polar surface area (TPSA) is 232 Å². The summed E-state index contributed by atoms with van der Waals surface area (Å²) in [5.74, 6) is -2.50. The quantitative estimate of drug-likeness (QED) is 0.114. The maximum absolute atomic E-state index is 10.6. The van der Waals surface area contributed by atoms with E-state index in [1.807, 2.05) is 42.5 Å². The Morgan fingerprint density at radius 3 is 2.00 bits per heavy atom. The summed E-state index contributed by atoms with van der Waals surface area (Å²) < 4.78 is 16.9. The Hall–Kier alpha value is -5.79. The van der Waals surface area contributed by atoms with Crippen molar-refractivity contribution in [3.8, 4) is 11.5 Å². The van der Waals surface area contributed by atoms with E-state index in [0.29, 0.717) is 6.54 Å². The minimum atomic E-state index is -1.23. The molecule has 18 nitrogen and oxygen atoms in total. The third kappa shape index (κ3) is 10.1. The Morgan fingerprint density at radius 2 is 1.38 bits per heavy atom. The number of para-hydroxylation sites is 1. The van der Waals surface area contributed by atoms with Gasteiger partial charge >= 0.3 is 23.9 Å². The number of hydrogen-bond donors (Lipinski definition) is 5. The monoisotopic (exact) mass is 739 g/mol. The Balaban J connectivity index is 0.000000228. The third-order valence-corrected chi connectivity index (χ3v) is 8.46. The Labute approximate surface area is 301 Å². The first-order valence-corrected chi connectivity index (χ1v) is 16.5. The summed E-state index contributed by atoms with van der Waals surface area (Å²) in [6.45, 7) is 1.88. The molecule has 1 fully saturated rings. The molecule has 0 spiro atoms. The van der Waals surface area contributed by atoms with Crippen molar-refractivity contribution in [1.29, 1.82) is 0 Å². The number of carboxylic acid groups (broad SMARTS) is 4. The number of aromatic nitrogens is 2. The number of carboxylic acids is 4. The molecule has 2 aromatic carbocycles. The van der Waals surface area contributed by atoms with Crippen LogP contribution in [0.3, 0.4) is 0 Å². The first-order valence-electron chi connectivity index (χ1n) is 16.1. The number of furan rings is 1. The van der Waals surface area contributed by atoms with Gasteiger partial charge in [-0.25, -0.2) is 9.97 Å². The van der Waals surface area contributed by atoms with Crippen molar-refractivity contribution in [2.45, 2.75) is 6.54 Å². The van der Waals surface area contributed by atoms with Gasteiger partial charge in [0.05, 0.1) is 26.2 Å². The third-order valence-electron chi connectivity index (χ3n) is 8.05. The molecule has 0 aliphatic carbocycles. The molecule has 1 saturated heterocycles. The number of benzene rings is 2. The molecular weight excluding hydrogens is 702 g/mol. The second-order valence-electron chi connectivity index (χ2n) is 11.8. The Kier molecular flexibility index (Phi) is 12.6. The summed E-state index contributed by atoms with van der Waals surface area (Å²) in [6.07, 6.45) is 1.61. The fourth-order valence-corrected chi connectivity index (χ4v) is 5.93. The first kappa shape index (κ1) is 37.5. The average Bonchev–Trinajstić information content (AvgIpc) is 3.73. The van der Waals surface area contributed by atoms with Gasteiger partial charge in [0.25, 0.3) is 0 Å². The molecule has 0 saturated carbocycles. The largest absolute Gasteiger partial charge is 0.480 e. The van der Waals surface area contributed by atoms with E-state index in [4.69, 9.17) is 46.5 Å². The summed E-state index contributed by atoms with van der Waals surface area (Å²) in [6, 6.07) is 13.9. The number of carbonyl (C=O) groups is 4. The fourth-order valence-electron chi connectivity index (χ4n) is 5.67. The van der Waals surface area contributed by atoms with Crippen molar-refractivity contribution in [3.63, 3.8) is 0 Å². The minimum Gasteiger partial charge on any atom is -0.480 e. The lowest BCUT2D eigenvalue weighted by atomic mass is 10.2. The second kappa shape index (κ2) is 17.4. The summed E-state index contributed by atoms with van der Waals surface area (Å²) in [4.78, 5) is 57.8. The van der Waals surface area contributed by atoms with Gasteiger partial charge in [-0.3, -0.25) is 29.0 Å². The van der Waals surface area contributed by atoms with Crippen LogP contribution in [0.25, 0.3) is 22.1 Å². The number of anilines is 1. The van der Waals surface area contributed by atoms with Crippen molar-refractivity contribution in [2.24, 2.45) is 0 Å². The molecule has 276 valence electrons. The van der Waals surface area contributed by atoms with E-state index in [1.165, 1.54) is 0 Å². The van der Waals surface area contributed by atoms with Crippen LogP contribution < -0.4 is 19.7 Å². The molecule has 2 aromatic heterocycles. The van der Waals surface area contributed by atoms with Gasteiger partial charge in [0.15, 0.2) is 28.0 Å². The highest BCUT2D eigenvalue weighted by molar-refractivity contribution is 7.80. The lowest BCUT2D eigenvalue weighted by Crippen LogP contribution is -2.51. The number of piperazine rings is 1. The van der Waals surface area contributed by atoms with Crippen LogP contribution in [0.2, 0.25) is 0 Å². The van der Waals surface area contributed by atoms with E-state index in [2.05, 4.69) is 25.1 Å². The average molecular weight is 740 g/mol. The van der Waals surface area contributed by atoms with Crippen LogP contribution in [0.5, 0.6) is 11.5 Å². The van der Waals surface area contributed by atoms with Gasteiger partial charge in [-0.2, -0.15) is 0 Å². The first-order chi connectivity index (χ1) is 25.0. The number of aliphatic carboxylic acids is 4. The summed E-state index contributed by atoms with van der Waals surface area (Å²) in [5, 5.41) is 39.6. The molecule has 0 radical (unpaired) electrons. The van der Waals surface area contributed by atoms with E-state index < -0.39 is 50.1 Å². The number of thiocarbonyl (C=S) groups is 1. The summed E-state index contributed by atoms with van der Waals surface area (Å²) in [5.41, 5.74) is 3.53. The maximum atomic E-state index is 10.6. The zero-order valence-corrected chi connectivity index (χ0v) is 28.7. The number of hydrogen-bond acceptors (Lipinski definition) is 13. The molecule has 0 bridgehead atoms. The van der Waals surface area contributed by atoms with Gasteiger partial charge in [0.2, 0.25) is 6.79 Å². The van der Waals surface area contributed by atoms with Gasteiger partial charge in [0, 0.05) is 51.2 Å². The standard InChI is InChI=1S/C23H21N5O3S.C10H16N2O8/c32-23(24-12-15-5-6-18-19(11-15)30-14-29-18)28-9-7-27(8-10-28)22-21-20(25-13-26-22)16-3-1-2-4-17(16)31-21;13-7(14)3-11(4-8(15)16)1-2-12(5-9(17)18)6-10(19)20/h1-6,11,13H,7-10,12,14H2,(H,24,32);1-6H2,(H,13,14)(H,15,16)(H,17,18)(H,19,20). The van der Waals surface area contributed by atoms with Crippen LogP contribution in [0, 0.1) is 0 Å². The summed E-state index contributed by atoms with van der Waals surface area (Å²) in [7, 11) is 0. The predicted molar refractivity (Wildman–Crippen MR) is 189 cm³/mol. The lowest BCUT2D eigenvalue weighted by Gasteiger charge is -2.36. The van der Waals surface area contributed by atoms with Crippen molar-refractivity contribution < 1.29 is 53.5 Å². The van der Waals surface area contributed by atoms with Gasteiger partial charge in [-0.1, -0.05) is 18.2 Å². The Morgan fingerprint density at radius 1 is 0.788 bits per heavy atom. The van der Waals surface area contributed by atoms with Crippen molar-refractivity contribution in [3.05, 3.63) is 54.4 Å². The van der Waals surface area contributed by atoms with E-state index in [-0.39, 0.29) is 19.9 Å².